The maximum atomic E-state index is 12.6. The van der Waals surface area contributed by atoms with Crippen molar-refractivity contribution in [2.75, 3.05) is 5.32 Å². The van der Waals surface area contributed by atoms with Gasteiger partial charge in [-0.25, -0.2) is 9.78 Å². The number of pyridine rings is 1. The number of carbonyl (C=O) groups excluding carboxylic acids is 1. The molecule has 0 radical (unpaired) electrons. The normalized spacial score (nSPS) is 11.5. The second-order valence-electron chi connectivity index (χ2n) is 6.27. The van der Waals surface area contributed by atoms with Gasteiger partial charge in [0.2, 0.25) is 0 Å². The topological polar surface area (TPSA) is 99.9 Å². The highest BCUT2D eigenvalue weighted by molar-refractivity contribution is 8.00. The molecule has 0 aliphatic carbocycles. The van der Waals surface area contributed by atoms with Gasteiger partial charge in [0.1, 0.15) is 11.3 Å². The lowest BCUT2D eigenvalue weighted by atomic mass is 10.2. The molecule has 2 aromatic carbocycles. The highest BCUT2D eigenvalue weighted by atomic mass is 32.2. The SMILES string of the molecule is O=C(Nc1cccc(Oc2ccnc3[nH]c(=O)[nH]c23)c1)c1cccc(SC(F)(F)F)c1. The number of aromatic nitrogens is 3. The molecule has 2 aromatic heterocycles. The van der Waals surface area contributed by atoms with Crippen LogP contribution >= 0.6 is 11.8 Å². The molecule has 0 bridgehead atoms. The van der Waals surface area contributed by atoms with Crippen molar-refractivity contribution in [1.82, 2.24) is 15.0 Å². The van der Waals surface area contributed by atoms with Gasteiger partial charge in [-0.3, -0.25) is 9.78 Å². The fourth-order valence-corrected chi connectivity index (χ4v) is 3.40. The summed E-state index contributed by atoms with van der Waals surface area (Å²) in [6.07, 6.45) is 1.47. The number of halogens is 3. The van der Waals surface area contributed by atoms with Crippen LogP contribution in [-0.4, -0.2) is 26.4 Å². The van der Waals surface area contributed by atoms with Gasteiger partial charge in [0.25, 0.3) is 5.91 Å². The highest BCUT2D eigenvalue weighted by Crippen LogP contribution is 2.37. The minimum Gasteiger partial charge on any atom is -0.455 e. The summed E-state index contributed by atoms with van der Waals surface area (Å²) in [7, 11) is 0. The molecule has 0 saturated heterocycles. The molecule has 0 aliphatic rings. The van der Waals surface area contributed by atoms with Gasteiger partial charge in [-0.1, -0.05) is 12.1 Å². The number of benzene rings is 2. The number of thioether (sulfide) groups is 1. The maximum Gasteiger partial charge on any atom is 0.446 e. The number of nitrogens with one attached hydrogen (secondary N) is 3. The molecule has 1 amide bonds. The van der Waals surface area contributed by atoms with Gasteiger partial charge in [0.15, 0.2) is 11.4 Å². The number of hydrogen-bond acceptors (Lipinski definition) is 5. The Balaban J connectivity index is 1.52. The predicted octanol–water partition coefficient (Wildman–Crippen LogP) is 4.91. The zero-order valence-electron chi connectivity index (χ0n) is 15.5. The highest BCUT2D eigenvalue weighted by Gasteiger charge is 2.29. The summed E-state index contributed by atoms with van der Waals surface area (Å²) in [5.74, 6) is 0.153. The van der Waals surface area contributed by atoms with E-state index in [9.17, 15) is 22.8 Å². The van der Waals surface area contributed by atoms with Crippen LogP contribution in [0.5, 0.6) is 11.5 Å². The fraction of sp³-hybridized carbons (Fsp3) is 0.0500. The molecule has 2 heterocycles. The van der Waals surface area contributed by atoms with E-state index in [-0.39, 0.29) is 22.2 Å². The van der Waals surface area contributed by atoms with Crippen molar-refractivity contribution in [3.63, 3.8) is 0 Å². The van der Waals surface area contributed by atoms with E-state index in [2.05, 4.69) is 20.3 Å². The van der Waals surface area contributed by atoms with Crippen LogP contribution in [0.4, 0.5) is 18.9 Å². The number of ether oxygens (including phenoxy) is 1. The van der Waals surface area contributed by atoms with Gasteiger partial charge in [-0.15, -0.1) is 0 Å². The van der Waals surface area contributed by atoms with E-state index in [1.807, 2.05) is 0 Å². The number of anilines is 1. The molecular weight excluding hydrogens is 433 g/mol. The molecule has 158 valence electrons. The molecular formula is C20H13F3N4O3S. The molecule has 0 spiro atoms. The quantitative estimate of drug-likeness (QED) is 0.379. The Morgan fingerprint density at radius 2 is 1.87 bits per heavy atom. The van der Waals surface area contributed by atoms with E-state index in [1.54, 1.807) is 30.3 Å². The Bertz CT molecular complexity index is 1320. The van der Waals surface area contributed by atoms with Gasteiger partial charge >= 0.3 is 11.2 Å². The van der Waals surface area contributed by atoms with Gasteiger partial charge in [-0.05, 0) is 42.1 Å². The molecule has 0 unspecified atom stereocenters. The van der Waals surface area contributed by atoms with Crippen LogP contribution in [0, 0.1) is 0 Å². The first-order chi connectivity index (χ1) is 14.8. The average molecular weight is 446 g/mol. The van der Waals surface area contributed by atoms with Crippen molar-refractivity contribution in [1.29, 1.82) is 0 Å². The summed E-state index contributed by atoms with van der Waals surface area (Å²) >= 11 is -0.288. The number of carbonyl (C=O) groups is 1. The first kappa shape index (κ1) is 20.5. The fourth-order valence-electron chi connectivity index (χ4n) is 2.80. The summed E-state index contributed by atoms with van der Waals surface area (Å²) < 4.78 is 43.5. The van der Waals surface area contributed by atoms with Crippen LogP contribution < -0.4 is 15.7 Å². The van der Waals surface area contributed by atoms with Crippen LogP contribution in [-0.2, 0) is 0 Å². The van der Waals surface area contributed by atoms with Crippen molar-refractivity contribution in [2.24, 2.45) is 0 Å². The van der Waals surface area contributed by atoms with E-state index in [4.69, 9.17) is 4.74 Å². The number of imidazole rings is 1. The van der Waals surface area contributed by atoms with Crippen molar-refractivity contribution in [3.05, 3.63) is 76.8 Å². The standard InChI is InChI=1S/C20H13F3N4O3S/c21-20(22,23)31-14-6-1-3-11(9-14)18(28)25-12-4-2-5-13(10-12)30-15-7-8-24-17-16(15)26-19(29)27-17/h1-10H,(H,25,28)(H2,24,26,27,29). The maximum absolute atomic E-state index is 12.6. The second-order valence-corrected chi connectivity index (χ2v) is 7.41. The minimum absolute atomic E-state index is 0.0839. The predicted molar refractivity (Wildman–Crippen MR) is 110 cm³/mol. The van der Waals surface area contributed by atoms with Crippen molar-refractivity contribution in [2.45, 2.75) is 10.4 Å². The number of H-pyrrole nitrogens is 2. The monoisotopic (exact) mass is 446 g/mol. The lowest BCUT2D eigenvalue weighted by molar-refractivity contribution is -0.0328. The minimum atomic E-state index is -4.44. The molecule has 3 N–H and O–H groups in total. The second kappa shape index (κ2) is 8.19. The smallest absolute Gasteiger partial charge is 0.446 e. The summed E-state index contributed by atoms with van der Waals surface area (Å²) in [5.41, 5.74) is -3.68. The first-order valence-corrected chi connectivity index (χ1v) is 9.60. The Morgan fingerprint density at radius 1 is 1.06 bits per heavy atom. The van der Waals surface area contributed by atoms with E-state index in [0.29, 0.717) is 28.4 Å². The number of fused-ring (bicyclic) bond motifs is 1. The molecule has 0 aliphatic heterocycles. The van der Waals surface area contributed by atoms with Gasteiger partial charge < -0.3 is 15.0 Å². The van der Waals surface area contributed by atoms with Crippen LogP contribution in [0.3, 0.4) is 0 Å². The van der Waals surface area contributed by atoms with Crippen molar-refractivity contribution in [3.8, 4) is 11.5 Å². The van der Waals surface area contributed by atoms with Crippen LogP contribution in [0.2, 0.25) is 0 Å². The van der Waals surface area contributed by atoms with Gasteiger partial charge in [-0.2, -0.15) is 13.2 Å². The van der Waals surface area contributed by atoms with E-state index in [0.717, 1.165) is 0 Å². The molecule has 11 heteroatoms. The van der Waals surface area contributed by atoms with E-state index < -0.39 is 17.1 Å². The van der Waals surface area contributed by atoms with Crippen molar-refractivity contribution >= 4 is 34.5 Å². The van der Waals surface area contributed by atoms with E-state index in [1.165, 1.54) is 30.5 Å². The Hall–Kier alpha value is -3.73. The number of alkyl halides is 3. The zero-order chi connectivity index (χ0) is 22.0. The first-order valence-electron chi connectivity index (χ1n) is 8.79. The Labute approximate surface area is 176 Å². The zero-order valence-corrected chi connectivity index (χ0v) is 16.3. The third kappa shape index (κ3) is 5.07. The summed E-state index contributed by atoms with van der Waals surface area (Å²) in [6.45, 7) is 0. The molecule has 0 fully saturated rings. The van der Waals surface area contributed by atoms with Gasteiger partial charge in [0.05, 0.1) is 0 Å². The summed E-state index contributed by atoms with van der Waals surface area (Å²) in [5, 5.41) is 2.63. The third-order valence-corrected chi connectivity index (χ3v) is 4.75. The third-order valence-electron chi connectivity index (χ3n) is 4.03. The van der Waals surface area contributed by atoms with Crippen LogP contribution in [0.15, 0.2) is 70.5 Å². The lowest BCUT2D eigenvalue weighted by Crippen LogP contribution is -2.12. The van der Waals surface area contributed by atoms with Crippen molar-refractivity contribution < 1.29 is 22.7 Å². The van der Waals surface area contributed by atoms with E-state index >= 15 is 0 Å². The number of nitrogens with zero attached hydrogens (tertiary/aromatic N) is 1. The number of rotatable bonds is 5. The molecule has 4 aromatic rings. The molecule has 4 rings (SSSR count). The number of hydrogen-bond donors (Lipinski definition) is 3. The summed E-state index contributed by atoms with van der Waals surface area (Å²) in [6, 6.07) is 13.3. The average Bonchev–Trinajstić information content (AvgIpc) is 3.08. The Morgan fingerprint density at radius 3 is 2.68 bits per heavy atom. The van der Waals surface area contributed by atoms with Gasteiger partial charge in [0, 0.05) is 34.5 Å². The molecule has 7 nitrogen and oxygen atoms in total. The molecule has 31 heavy (non-hydrogen) atoms. The van der Waals surface area contributed by atoms with Crippen LogP contribution in [0.25, 0.3) is 11.2 Å². The molecule has 0 atom stereocenters. The largest absolute Gasteiger partial charge is 0.455 e. The summed E-state index contributed by atoms with van der Waals surface area (Å²) in [4.78, 5) is 33.0. The number of aromatic amines is 2. The molecule has 0 saturated carbocycles. The van der Waals surface area contributed by atoms with Crippen LogP contribution in [0.1, 0.15) is 10.4 Å². The number of amides is 1. The Kier molecular flexibility index (Phi) is 5.42. The lowest BCUT2D eigenvalue weighted by Gasteiger charge is -2.10.